The summed E-state index contributed by atoms with van der Waals surface area (Å²) in [5.41, 5.74) is 0.180. The number of hydrogen-bond donors (Lipinski definition) is 2. The Morgan fingerprint density at radius 2 is 2.24 bits per heavy atom. The van der Waals surface area contributed by atoms with E-state index in [0.29, 0.717) is 4.48 Å². The maximum atomic E-state index is 11.7. The standard InChI is InChI=1S/C11H11BrN2O3/c1-7(12)6-9(11(16)17)14-10(15)8-4-2-3-5-13-8/h2-5,9H,1,6H2,(H,14,15)(H,16,17)/t9-/m0/s1. The summed E-state index contributed by atoms with van der Waals surface area (Å²) in [6.07, 6.45) is 1.59. The molecule has 1 heterocycles. The van der Waals surface area contributed by atoms with Gasteiger partial charge < -0.3 is 10.4 Å². The number of carboxylic acids is 1. The summed E-state index contributed by atoms with van der Waals surface area (Å²) in [6, 6.07) is 3.82. The first-order valence-electron chi connectivity index (χ1n) is 4.78. The van der Waals surface area contributed by atoms with Gasteiger partial charge in [0.1, 0.15) is 11.7 Å². The van der Waals surface area contributed by atoms with Crippen molar-refractivity contribution in [3.63, 3.8) is 0 Å². The van der Waals surface area contributed by atoms with E-state index in [0.717, 1.165) is 0 Å². The lowest BCUT2D eigenvalue weighted by molar-refractivity contribution is -0.139. The molecule has 17 heavy (non-hydrogen) atoms. The predicted molar refractivity (Wildman–Crippen MR) is 65.8 cm³/mol. The van der Waals surface area contributed by atoms with Crippen LogP contribution in [0.3, 0.4) is 0 Å². The number of carbonyl (C=O) groups is 2. The maximum Gasteiger partial charge on any atom is 0.326 e. The Morgan fingerprint density at radius 1 is 1.53 bits per heavy atom. The third-order valence-electron chi connectivity index (χ3n) is 1.93. The summed E-state index contributed by atoms with van der Waals surface area (Å²) in [7, 11) is 0. The van der Waals surface area contributed by atoms with Gasteiger partial charge in [-0.15, -0.1) is 0 Å². The molecule has 0 aliphatic carbocycles. The second-order valence-electron chi connectivity index (χ2n) is 3.30. The van der Waals surface area contributed by atoms with Crippen LogP contribution in [0, 0.1) is 0 Å². The number of nitrogens with zero attached hydrogens (tertiary/aromatic N) is 1. The van der Waals surface area contributed by atoms with Crippen LogP contribution in [0.5, 0.6) is 0 Å². The number of carboxylic acid groups (broad SMARTS) is 1. The Bertz CT molecular complexity index is 434. The van der Waals surface area contributed by atoms with Crippen molar-refractivity contribution in [2.24, 2.45) is 0 Å². The predicted octanol–water partition coefficient (Wildman–Crippen LogP) is 1.56. The van der Waals surface area contributed by atoms with Crippen LogP contribution in [0.1, 0.15) is 16.9 Å². The molecule has 1 amide bonds. The number of rotatable bonds is 5. The van der Waals surface area contributed by atoms with Crippen LogP contribution in [-0.2, 0) is 4.79 Å². The van der Waals surface area contributed by atoms with Crippen molar-refractivity contribution in [3.8, 4) is 0 Å². The van der Waals surface area contributed by atoms with Crippen LogP contribution in [0.2, 0.25) is 0 Å². The first-order chi connectivity index (χ1) is 8.00. The molecule has 0 aromatic carbocycles. The van der Waals surface area contributed by atoms with E-state index < -0.39 is 17.9 Å². The fourth-order valence-electron chi connectivity index (χ4n) is 1.15. The van der Waals surface area contributed by atoms with Crippen molar-refractivity contribution in [2.75, 3.05) is 0 Å². The molecule has 0 spiro atoms. The van der Waals surface area contributed by atoms with Gasteiger partial charge in [0.15, 0.2) is 0 Å². The molecule has 1 rings (SSSR count). The van der Waals surface area contributed by atoms with Crippen LogP contribution in [0.15, 0.2) is 35.5 Å². The van der Waals surface area contributed by atoms with Gasteiger partial charge in [-0.1, -0.05) is 28.6 Å². The molecule has 0 saturated heterocycles. The van der Waals surface area contributed by atoms with Crippen LogP contribution in [0.4, 0.5) is 0 Å². The van der Waals surface area contributed by atoms with Crippen LogP contribution in [-0.4, -0.2) is 28.0 Å². The van der Waals surface area contributed by atoms with Gasteiger partial charge in [-0.2, -0.15) is 0 Å². The van der Waals surface area contributed by atoms with Crippen molar-refractivity contribution in [1.82, 2.24) is 10.3 Å². The van der Waals surface area contributed by atoms with E-state index in [1.54, 1.807) is 12.1 Å². The van der Waals surface area contributed by atoms with E-state index in [-0.39, 0.29) is 12.1 Å². The molecule has 0 aliphatic heterocycles. The minimum Gasteiger partial charge on any atom is -0.480 e. The Labute approximate surface area is 107 Å². The first-order valence-corrected chi connectivity index (χ1v) is 5.58. The van der Waals surface area contributed by atoms with Crippen LogP contribution < -0.4 is 5.32 Å². The summed E-state index contributed by atoms with van der Waals surface area (Å²) in [6.45, 7) is 3.54. The van der Waals surface area contributed by atoms with E-state index in [9.17, 15) is 9.59 Å². The van der Waals surface area contributed by atoms with E-state index in [2.05, 4.69) is 32.8 Å². The number of aromatic nitrogens is 1. The molecule has 90 valence electrons. The third-order valence-corrected chi connectivity index (χ3v) is 2.25. The summed E-state index contributed by atoms with van der Waals surface area (Å²) in [5, 5.41) is 11.3. The lowest BCUT2D eigenvalue weighted by atomic mass is 10.2. The Hall–Kier alpha value is -1.69. The molecule has 0 bridgehead atoms. The molecule has 0 radical (unpaired) electrons. The zero-order valence-electron chi connectivity index (χ0n) is 8.89. The molecule has 2 N–H and O–H groups in total. The highest BCUT2D eigenvalue weighted by atomic mass is 79.9. The number of halogens is 1. The van der Waals surface area contributed by atoms with Crippen molar-refractivity contribution >= 4 is 27.8 Å². The van der Waals surface area contributed by atoms with Crippen molar-refractivity contribution in [1.29, 1.82) is 0 Å². The molecule has 6 heteroatoms. The Morgan fingerprint density at radius 3 is 2.71 bits per heavy atom. The zero-order chi connectivity index (χ0) is 12.8. The normalized spacial score (nSPS) is 11.6. The van der Waals surface area contributed by atoms with Gasteiger partial charge >= 0.3 is 5.97 Å². The van der Waals surface area contributed by atoms with Crippen molar-refractivity contribution < 1.29 is 14.7 Å². The minimum atomic E-state index is -1.12. The quantitative estimate of drug-likeness (QED) is 0.865. The number of hydrogen-bond acceptors (Lipinski definition) is 3. The fourth-order valence-corrected chi connectivity index (χ4v) is 1.47. The molecule has 1 atom stereocenters. The number of pyridine rings is 1. The highest BCUT2D eigenvalue weighted by Gasteiger charge is 2.21. The third kappa shape index (κ3) is 4.36. The SMILES string of the molecule is C=C(Br)C[C@H](NC(=O)c1ccccn1)C(=O)O. The number of amides is 1. The largest absolute Gasteiger partial charge is 0.480 e. The summed E-state index contributed by atoms with van der Waals surface area (Å²) in [5.74, 6) is -1.64. The molecule has 1 aromatic heterocycles. The first kappa shape index (κ1) is 13.4. The van der Waals surface area contributed by atoms with E-state index >= 15 is 0 Å². The Kier molecular flexibility index (Phi) is 4.84. The summed E-state index contributed by atoms with van der Waals surface area (Å²) in [4.78, 5) is 26.4. The molecule has 5 nitrogen and oxygen atoms in total. The molecular formula is C11H11BrN2O3. The topological polar surface area (TPSA) is 79.3 Å². The van der Waals surface area contributed by atoms with E-state index in [1.807, 2.05) is 0 Å². The van der Waals surface area contributed by atoms with Gasteiger partial charge in [0, 0.05) is 12.6 Å². The van der Waals surface area contributed by atoms with Gasteiger partial charge in [0.25, 0.3) is 5.91 Å². The fraction of sp³-hybridized carbons (Fsp3) is 0.182. The second-order valence-corrected chi connectivity index (χ2v) is 4.42. The highest BCUT2D eigenvalue weighted by molar-refractivity contribution is 9.11. The summed E-state index contributed by atoms with van der Waals surface area (Å²) < 4.78 is 0.506. The van der Waals surface area contributed by atoms with Crippen LogP contribution >= 0.6 is 15.9 Å². The molecule has 0 unspecified atom stereocenters. The Balaban J connectivity index is 2.71. The van der Waals surface area contributed by atoms with E-state index in [4.69, 9.17) is 5.11 Å². The summed E-state index contributed by atoms with van der Waals surface area (Å²) >= 11 is 3.06. The minimum absolute atomic E-state index is 0.119. The molecule has 0 saturated carbocycles. The molecule has 0 aliphatic rings. The average Bonchev–Trinajstić information content (AvgIpc) is 2.28. The maximum absolute atomic E-state index is 11.7. The van der Waals surface area contributed by atoms with Crippen molar-refractivity contribution in [2.45, 2.75) is 12.5 Å². The second kappa shape index (κ2) is 6.15. The van der Waals surface area contributed by atoms with Gasteiger partial charge in [-0.3, -0.25) is 9.78 Å². The zero-order valence-corrected chi connectivity index (χ0v) is 10.5. The molecule has 0 fully saturated rings. The van der Waals surface area contributed by atoms with E-state index in [1.165, 1.54) is 12.3 Å². The van der Waals surface area contributed by atoms with Gasteiger partial charge in [-0.05, 0) is 16.6 Å². The van der Waals surface area contributed by atoms with Gasteiger partial charge in [0.2, 0.25) is 0 Å². The monoisotopic (exact) mass is 298 g/mol. The molecule has 1 aromatic rings. The molecular weight excluding hydrogens is 288 g/mol. The lowest BCUT2D eigenvalue weighted by Crippen LogP contribution is -2.41. The van der Waals surface area contributed by atoms with Crippen LogP contribution in [0.25, 0.3) is 0 Å². The average molecular weight is 299 g/mol. The smallest absolute Gasteiger partial charge is 0.326 e. The van der Waals surface area contributed by atoms with Gasteiger partial charge in [0.05, 0.1) is 0 Å². The van der Waals surface area contributed by atoms with Gasteiger partial charge in [-0.25, -0.2) is 4.79 Å². The number of aliphatic carboxylic acids is 1. The highest BCUT2D eigenvalue weighted by Crippen LogP contribution is 2.10. The number of nitrogens with one attached hydrogen (secondary N) is 1. The lowest BCUT2D eigenvalue weighted by Gasteiger charge is -2.13. The number of carbonyl (C=O) groups excluding carboxylic acids is 1. The van der Waals surface area contributed by atoms with Crippen molar-refractivity contribution in [3.05, 3.63) is 41.2 Å².